The molecule has 2 aliphatic rings. The van der Waals surface area contributed by atoms with Crippen molar-refractivity contribution in [1.82, 2.24) is 9.62 Å². The molecule has 0 aliphatic heterocycles. The van der Waals surface area contributed by atoms with E-state index in [0.29, 0.717) is 12.6 Å². The van der Waals surface area contributed by atoms with Gasteiger partial charge in [0.05, 0.1) is 5.75 Å². The standard InChI is InChI=1S/C14H28N2O2S/c1-16(2)19(17,18)10-9-15-14-8-7-12-5-3-4-6-13(12)11-14/h12-15H,3-11H2,1-2H3. The lowest BCUT2D eigenvalue weighted by atomic mass is 9.69. The summed E-state index contributed by atoms with van der Waals surface area (Å²) < 4.78 is 24.7. The third-order valence-corrected chi connectivity index (χ3v) is 6.72. The van der Waals surface area contributed by atoms with Crippen LogP contribution in [0.5, 0.6) is 0 Å². The van der Waals surface area contributed by atoms with E-state index in [1.165, 1.54) is 49.3 Å². The van der Waals surface area contributed by atoms with E-state index in [-0.39, 0.29) is 5.75 Å². The Labute approximate surface area is 118 Å². The van der Waals surface area contributed by atoms with E-state index in [0.717, 1.165) is 11.8 Å². The highest BCUT2D eigenvalue weighted by molar-refractivity contribution is 7.89. The van der Waals surface area contributed by atoms with Crippen LogP contribution in [0.3, 0.4) is 0 Å². The summed E-state index contributed by atoms with van der Waals surface area (Å²) in [5.41, 5.74) is 0. The van der Waals surface area contributed by atoms with Crippen LogP contribution in [0.2, 0.25) is 0 Å². The van der Waals surface area contributed by atoms with Gasteiger partial charge in [-0.2, -0.15) is 0 Å². The Morgan fingerprint density at radius 1 is 1.05 bits per heavy atom. The minimum atomic E-state index is -3.05. The second kappa shape index (κ2) is 6.55. The van der Waals surface area contributed by atoms with E-state index in [1.807, 2.05) is 0 Å². The second-order valence-corrected chi connectivity index (χ2v) is 8.67. The SMILES string of the molecule is CN(C)S(=O)(=O)CCNC1CCC2CCCCC2C1. The van der Waals surface area contributed by atoms with Gasteiger partial charge in [0.2, 0.25) is 10.0 Å². The highest BCUT2D eigenvalue weighted by atomic mass is 32.2. The minimum absolute atomic E-state index is 0.213. The Hall–Kier alpha value is -0.130. The van der Waals surface area contributed by atoms with Crippen LogP contribution in [0, 0.1) is 11.8 Å². The summed E-state index contributed by atoms with van der Waals surface area (Å²) in [6.07, 6.45) is 9.44. The predicted octanol–water partition coefficient (Wildman–Crippen LogP) is 1.83. The average Bonchev–Trinajstić information content (AvgIpc) is 2.38. The van der Waals surface area contributed by atoms with Gasteiger partial charge >= 0.3 is 0 Å². The fourth-order valence-electron chi connectivity index (χ4n) is 3.63. The van der Waals surface area contributed by atoms with Crippen LogP contribution < -0.4 is 5.32 Å². The van der Waals surface area contributed by atoms with Gasteiger partial charge in [-0.1, -0.05) is 25.7 Å². The molecule has 0 saturated heterocycles. The van der Waals surface area contributed by atoms with Crippen LogP contribution >= 0.6 is 0 Å². The first kappa shape index (κ1) is 15.3. The van der Waals surface area contributed by atoms with Crippen molar-refractivity contribution in [2.75, 3.05) is 26.4 Å². The molecule has 0 spiro atoms. The molecule has 0 amide bonds. The van der Waals surface area contributed by atoms with Crippen molar-refractivity contribution in [3.8, 4) is 0 Å². The normalized spacial score (nSPS) is 32.3. The summed E-state index contributed by atoms with van der Waals surface area (Å²) in [6, 6.07) is 0.539. The zero-order valence-electron chi connectivity index (χ0n) is 12.3. The van der Waals surface area contributed by atoms with Crippen molar-refractivity contribution in [3.63, 3.8) is 0 Å². The molecule has 1 N–H and O–H groups in total. The van der Waals surface area contributed by atoms with Crippen molar-refractivity contribution in [2.24, 2.45) is 11.8 Å². The van der Waals surface area contributed by atoms with Crippen LogP contribution in [0.1, 0.15) is 44.9 Å². The van der Waals surface area contributed by atoms with Crippen molar-refractivity contribution < 1.29 is 8.42 Å². The van der Waals surface area contributed by atoms with Gasteiger partial charge in [0.25, 0.3) is 0 Å². The van der Waals surface area contributed by atoms with Gasteiger partial charge in [-0.3, -0.25) is 0 Å². The number of nitrogens with one attached hydrogen (secondary N) is 1. The smallest absolute Gasteiger partial charge is 0.214 e. The summed E-state index contributed by atoms with van der Waals surface area (Å²) in [5, 5.41) is 3.46. The first-order chi connectivity index (χ1) is 8.99. The van der Waals surface area contributed by atoms with Crippen molar-refractivity contribution in [3.05, 3.63) is 0 Å². The molecule has 4 nitrogen and oxygen atoms in total. The molecule has 2 fully saturated rings. The molecule has 0 bridgehead atoms. The molecule has 0 heterocycles. The summed E-state index contributed by atoms with van der Waals surface area (Å²) in [4.78, 5) is 0. The fourth-order valence-corrected chi connectivity index (χ4v) is 4.37. The molecule has 112 valence electrons. The number of fused-ring (bicyclic) bond motifs is 1. The summed E-state index contributed by atoms with van der Waals surface area (Å²) in [7, 11) is 0.148. The fraction of sp³-hybridized carbons (Fsp3) is 1.00. The summed E-state index contributed by atoms with van der Waals surface area (Å²) >= 11 is 0. The van der Waals surface area contributed by atoms with E-state index in [9.17, 15) is 8.42 Å². The Kier molecular flexibility index (Phi) is 5.26. The Bertz CT molecular complexity index is 381. The highest BCUT2D eigenvalue weighted by Gasteiger charge is 2.31. The predicted molar refractivity (Wildman–Crippen MR) is 78.6 cm³/mol. The van der Waals surface area contributed by atoms with E-state index in [1.54, 1.807) is 14.1 Å². The molecule has 3 atom stereocenters. The zero-order valence-corrected chi connectivity index (χ0v) is 13.1. The molecule has 0 aromatic carbocycles. The molecule has 2 rings (SSSR count). The van der Waals surface area contributed by atoms with Crippen LogP contribution in [-0.4, -0.2) is 45.2 Å². The van der Waals surface area contributed by atoms with Gasteiger partial charge in [0.15, 0.2) is 0 Å². The van der Waals surface area contributed by atoms with E-state index in [4.69, 9.17) is 0 Å². The number of nitrogens with zero attached hydrogens (tertiary/aromatic N) is 1. The summed E-state index contributed by atoms with van der Waals surface area (Å²) in [5.74, 6) is 2.06. The second-order valence-electron chi connectivity index (χ2n) is 6.37. The Morgan fingerprint density at radius 3 is 2.42 bits per heavy atom. The lowest BCUT2D eigenvalue weighted by molar-refractivity contribution is 0.144. The molecule has 2 saturated carbocycles. The maximum atomic E-state index is 11.7. The monoisotopic (exact) mass is 288 g/mol. The summed E-state index contributed by atoms with van der Waals surface area (Å²) in [6.45, 7) is 0.586. The topological polar surface area (TPSA) is 49.4 Å². The van der Waals surface area contributed by atoms with Gasteiger partial charge in [0.1, 0.15) is 0 Å². The van der Waals surface area contributed by atoms with Crippen LogP contribution in [0.15, 0.2) is 0 Å². The zero-order chi connectivity index (χ0) is 13.9. The third-order valence-electron chi connectivity index (χ3n) is 4.89. The van der Waals surface area contributed by atoms with Crippen LogP contribution in [0.4, 0.5) is 0 Å². The molecule has 2 aliphatic carbocycles. The van der Waals surface area contributed by atoms with Crippen LogP contribution in [0.25, 0.3) is 0 Å². The van der Waals surface area contributed by atoms with Crippen molar-refractivity contribution in [2.45, 2.75) is 51.0 Å². The largest absolute Gasteiger partial charge is 0.313 e. The quantitative estimate of drug-likeness (QED) is 0.839. The van der Waals surface area contributed by atoms with Crippen molar-refractivity contribution >= 4 is 10.0 Å². The maximum absolute atomic E-state index is 11.7. The number of hydrogen-bond acceptors (Lipinski definition) is 3. The molecule has 19 heavy (non-hydrogen) atoms. The first-order valence-corrected chi connectivity index (χ1v) is 9.23. The van der Waals surface area contributed by atoms with Gasteiger partial charge in [-0.25, -0.2) is 12.7 Å². The van der Waals surface area contributed by atoms with E-state index in [2.05, 4.69) is 5.32 Å². The Balaban J connectivity index is 1.72. The molecular formula is C14H28N2O2S. The highest BCUT2D eigenvalue weighted by Crippen LogP contribution is 2.40. The van der Waals surface area contributed by atoms with E-state index < -0.39 is 10.0 Å². The molecule has 5 heteroatoms. The first-order valence-electron chi connectivity index (χ1n) is 7.62. The number of rotatable bonds is 5. The van der Waals surface area contributed by atoms with Gasteiger partial charge in [-0.15, -0.1) is 0 Å². The third kappa shape index (κ3) is 4.17. The maximum Gasteiger partial charge on any atom is 0.214 e. The lowest BCUT2D eigenvalue weighted by Gasteiger charge is -2.39. The number of sulfonamides is 1. The molecule has 0 aromatic heterocycles. The number of hydrogen-bond donors (Lipinski definition) is 1. The van der Waals surface area contributed by atoms with Gasteiger partial charge in [-0.05, 0) is 31.1 Å². The minimum Gasteiger partial charge on any atom is -0.313 e. The van der Waals surface area contributed by atoms with Gasteiger partial charge in [0, 0.05) is 26.7 Å². The Morgan fingerprint density at radius 2 is 1.74 bits per heavy atom. The van der Waals surface area contributed by atoms with Gasteiger partial charge < -0.3 is 5.32 Å². The van der Waals surface area contributed by atoms with Crippen LogP contribution in [-0.2, 0) is 10.0 Å². The molecule has 3 unspecified atom stereocenters. The average molecular weight is 288 g/mol. The molecular weight excluding hydrogens is 260 g/mol. The lowest BCUT2D eigenvalue weighted by Crippen LogP contribution is -2.41. The van der Waals surface area contributed by atoms with Crippen molar-refractivity contribution in [1.29, 1.82) is 0 Å². The van der Waals surface area contributed by atoms with E-state index >= 15 is 0 Å². The molecule has 0 radical (unpaired) electrons. The molecule has 0 aromatic rings.